The zero-order chi connectivity index (χ0) is 15.6. The largest absolute Gasteiger partial charge is 0.391 e. The molecule has 21 heavy (non-hydrogen) atoms. The standard InChI is InChI=1S/C14H21N3O4/c1-3-16-9-10(17(20)21)8-12(16)14(19)15(2)11-6-4-5-7-13(11)18/h8-9,11,13,18H,3-7H2,1-2H3. The van der Waals surface area contributed by atoms with Crippen molar-refractivity contribution in [3.05, 3.63) is 28.1 Å². The van der Waals surface area contributed by atoms with Gasteiger partial charge in [-0.25, -0.2) is 0 Å². The van der Waals surface area contributed by atoms with Gasteiger partial charge < -0.3 is 14.6 Å². The molecule has 1 fully saturated rings. The third kappa shape index (κ3) is 3.07. The van der Waals surface area contributed by atoms with E-state index in [1.165, 1.54) is 17.2 Å². The minimum absolute atomic E-state index is 0.0854. The van der Waals surface area contributed by atoms with Gasteiger partial charge in [0.05, 0.1) is 23.3 Å². The van der Waals surface area contributed by atoms with E-state index >= 15 is 0 Å². The number of aryl methyl sites for hydroxylation is 1. The first-order valence-electron chi connectivity index (χ1n) is 7.25. The Hall–Kier alpha value is -1.89. The highest BCUT2D eigenvalue weighted by molar-refractivity contribution is 5.93. The van der Waals surface area contributed by atoms with Crippen LogP contribution in [0.5, 0.6) is 0 Å². The van der Waals surface area contributed by atoms with Gasteiger partial charge in [-0.1, -0.05) is 12.8 Å². The highest BCUT2D eigenvalue weighted by Gasteiger charge is 2.31. The van der Waals surface area contributed by atoms with E-state index in [1.807, 2.05) is 6.92 Å². The van der Waals surface area contributed by atoms with Crippen molar-refractivity contribution in [1.29, 1.82) is 0 Å². The topological polar surface area (TPSA) is 88.6 Å². The number of likely N-dealkylation sites (N-methyl/N-ethyl adjacent to an activating group) is 1. The fourth-order valence-electron chi connectivity index (χ4n) is 2.91. The van der Waals surface area contributed by atoms with Crippen molar-refractivity contribution < 1.29 is 14.8 Å². The number of nitrogens with zero attached hydrogens (tertiary/aromatic N) is 3. The summed E-state index contributed by atoms with van der Waals surface area (Å²) in [6, 6.07) is 1.09. The van der Waals surface area contributed by atoms with Crippen molar-refractivity contribution in [3.63, 3.8) is 0 Å². The molecule has 0 aromatic carbocycles. The van der Waals surface area contributed by atoms with Gasteiger partial charge in [0.1, 0.15) is 5.69 Å². The second-order valence-corrected chi connectivity index (χ2v) is 5.46. The molecule has 0 saturated heterocycles. The molecule has 0 aliphatic heterocycles. The van der Waals surface area contributed by atoms with Crippen molar-refractivity contribution in [2.75, 3.05) is 7.05 Å². The van der Waals surface area contributed by atoms with E-state index in [9.17, 15) is 20.0 Å². The summed E-state index contributed by atoms with van der Waals surface area (Å²) in [6.07, 6.45) is 4.26. The molecule has 0 bridgehead atoms. The molecule has 2 unspecified atom stereocenters. The predicted octanol–water partition coefficient (Wildman–Crippen LogP) is 1.79. The van der Waals surface area contributed by atoms with Crippen LogP contribution in [0.25, 0.3) is 0 Å². The molecule has 1 aromatic heterocycles. The van der Waals surface area contributed by atoms with Crippen molar-refractivity contribution >= 4 is 11.6 Å². The Kier molecular flexibility index (Phi) is 4.62. The number of aliphatic hydroxyl groups excluding tert-OH is 1. The third-order valence-corrected chi connectivity index (χ3v) is 4.16. The monoisotopic (exact) mass is 295 g/mol. The summed E-state index contributed by atoms with van der Waals surface area (Å²) in [5, 5.41) is 20.9. The van der Waals surface area contributed by atoms with Crippen LogP contribution in [0.3, 0.4) is 0 Å². The highest BCUT2D eigenvalue weighted by Crippen LogP contribution is 2.25. The van der Waals surface area contributed by atoms with E-state index < -0.39 is 11.0 Å². The van der Waals surface area contributed by atoms with Gasteiger partial charge in [-0.15, -0.1) is 0 Å². The van der Waals surface area contributed by atoms with Crippen LogP contribution >= 0.6 is 0 Å². The summed E-state index contributed by atoms with van der Waals surface area (Å²) < 4.78 is 1.58. The lowest BCUT2D eigenvalue weighted by Gasteiger charge is -2.35. The number of hydrogen-bond donors (Lipinski definition) is 1. The van der Waals surface area contributed by atoms with E-state index in [0.717, 1.165) is 19.3 Å². The molecule has 116 valence electrons. The average Bonchev–Trinajstić information content (AvgIpc) is 2.90. The van der Waals surface area contributed by atoms with E-state index in [1.54, 1.807) is 11.6 Å². The van der Waals surface area contributed by atoms with Crippen molar-refractivity contribution in [3.8, 4) is 0 Å². The lowest BCUT2D eigenvalue weighted by atomic mass is 9.91. The van der Waals surface area contributed by atoms with Gasteiger partial charge in [0.15, 0.2) is 0 Å². The summed E-state index contributed by atoms with van der Waals surface area (Å²) in [5.41, 5.74) is 0.210. The second kappa shape index (κ2) is 6.26. The number of nitro groups is 1. The molecule has 2 atom stereocenters. The summed E-state index contributed by atoms with van der Waals surface area (Å²) in [7, 11) is 1.65. The molecule has 2 rings (SSSR count). The van der Waals surface area contributed by atoms with Gasteiger partial charge in [0.2, 0.25) is 0 Å². The molecular formula is C14H21N3O4. The Morgan fingerprint density at radius 3 is 2.76 bits per heavy atom. The van der Waals surface area contributed by atoms with Gasteiger partial charge in [0.25, 0.3) is 11.6 Å². The fraction of sp³-hybridized carbons (Fsp3) is 0.643. The van der Waals surface area contributed by atoms with Crippen LogP contribution in [0.15, 0.2) is 12.3 Å². The number of carbonyl (C=O) groups excluding carboxylic acids is 1. The molecule has 1 heterocycles. The van der Waals surface area contributed by atoms with Gasteiger partial charge in [0, 0.05) is 19.7 Å². The van der Waals surface area contributed by atoms with Crippen LogP contribution in [0.1, 0.15) is 43.1 Å². The van der Waals surface area contributed by atoms with Crippen LogP contribution in [-0.2, 0) is 6.54 Å². The molecule has 0 radical (unpaired) electrons. The molecular weight excluding hydrogens is 274 g/mol. The summed E-state index contributed by atoms with van der Waals surface area (Å²) in [6.45, 7) is 2.31. The van der Waals surface area contributed by atoms with Crippen LogP contribution in [0.2, 0.25) is 0 Å². The van der Waals surface area contributed by atoms with Crippen LogP contribution in [-0.4, -0.2) is 44.6 Å². The second-order valence-electron chi connectivity index (χ2n) is 5.46. The SMILES string of the molecule is CCn1cc([N+](=O)[O-])cc1C(=O)N(C)C1CCCCC1O. The molecule has 1 amide bonds. The first-order valence-corrected chi connectivity index (χ1v) is 7.25. The smallest absolute Gasteiger partial charge is 0.287 e. The Balaban J connectivity index is 2.24. The fourth-order valence-corrected chi connectivity index (χ4v) is 2.91. The van der Waals surface area contributed by atoms with E-state index in [4.69, 9.17) is 0 Å². The van der Waals surface area contributed by atoms with Gasteiger partial charge in [-0.05, 0) is 19.8 Å². The first kappa shape index (κ1) is 15.5. The normalized spacial score (nSPS) is 22.0. The molecule has 1 aliphatic carbocycles. The summed E-state index contributed by atoms with van der Waals surface area (Å²) in [5.74, 6) is -0.282. The van der Waals surface area contributed by atoms with Gasteiger partial charge >= 0.3 is 0 Å². The number of hydrogen-bond acceptors (Lipinski definition) is 4. The first-order chi connectivity index (χ1) is 9.95. The minimum Gasteiger partial charge on any atom is -0.391 e. The number of rotatable bonds is 4. The van der Waals surface area contributed by atoms with Crippen molar-refractivity contribution in [2.24, 2.45) is 0 Å². The van der Waals surface area contributed by atoms with E-state index in [0.29, 0.717) is 18.7 Å². The molecule has 1 aromatic rings. The molecule has 7 heteroatoms. The lowest BCUT2D eigenvalue weighted by Crippen LogP contribution is -2.46. The third-order valence-electron chi connectivity index (χ3n) is 4.16. The Morgan fingerprint density at radius 2 is 2.19 bits per heavy atom. The van der Waals surface area contributed by atoms with Gasteiger partial charge in [-0.3, -0.25) is 14.9 Å². The number of amides is 1. The van der Waals surface area contributed by atoms with E-state index in [-0.39, 0.29) is 17.6 Å². The Bertz CT molecular complexity index is 540. The predicted molar refractivity (Wildman–Crippen MR) is 77.1 cm³/mol. The van der Waals surface area contributed by atoms with Crippen LogP contribution in [0, 0.1) is 10.1 Å². The average molecular weight is 295 g/mol. The van der Waals surface area contributed by atoms with Gasteiger partial charge in [-0.2, -0.15) is 0 Å². The maximum Gasteiger partial charge on any atom is 0.287 e. The van der Waals surface area contributed by atoms with E-state index in [2.05, 4.69) is 0 Å². The molecule has 1 aliphatic rings. The number of aliphatic hydroxyl groups is 1. The highest BCUT2D eigenvalue weighted by atomic mass is 16.6. The minimum atomic E-state index is -0.521. The zero-order valence-corrected chi connectivity index (χ0v) is 12.4. The molecule has 0 spiro atoms. The summed E-state index contributed by atoms with van der Waals surface area (Å²) in [4.78, 5) is 24.5. The molecule has 7 nitrogen and oxygen atoms in total. The van der Waals surface area contributed by atoms with Crippen molar-refractivity contribution in [2.45, 2.75) is 51.3 Å². The molecule has 1 saturated carbocycles. The maximum atomic E-state index is 12.6. The number of aromatic nitrogens is 1. The molecule has 1 N–H and O–H groups in total. The maximum absolute atomic E-state index is 12.6. The quantitative estimate of drug-likeness (QED) is 0.677. The number of carbonyl (C=O) groups is 1. The van der Waals surface area contributed by atoms with Crippen LogP contribution < -0.4 is 0 Å². The Morgan fingerprint density at radius 1 is 1.52 bits per heavy atom. The van der Waals surface area contributed by atoms with Crippen molar-refractivity contribution in [1.82, 2.24) is 9.47 Å². The van der Waals surface area contributed by atoms with Crippen LogP contribution in [0.4, 0.5) is 5.69 Å². The zero-order valence-electron chi connectivity index (χ0n) is 12.4. The lowest BCUT2D eigenvalue weighted by molar-refractivity contribution is -0.384. The summed E-state index contributed by atoms with van der Waals surface area (Å²) >= 11 is 0. The Labute approximate surface area is 123 Å².